The van der Waals surface area contributed by atoms with E-state index in [0.717, 1.165) is 24.5 Å². The lowest BCUT2D eigenvalue weighted by Gasteiger charge is -2.03. The van der Waals surface area contributed by atoms with Crippen molar-refractivity contribution in [1.29, 1.82) is 5.26 Å². The molecule has 2 heterocycles. The van der Waals surface area contributed by atoms with Gasteiger partial charge in [-0.05, 0) is 12.1 Å². The fourth-order valence-corrected chi connectivity index (χ4v) is 1.34. The minimum Gasteiger partial charge on any atom is -0.370 e. The number of hydrogen-bond donors (Lipinski definition) is 2. The minimum atomic E-state index is 0.610. The molecule has 0 radical (unpaired) electrons. The van der Waals surface area contributed by atoms with Crippen LogP contribution in [0.3, 0.4) is 0 Å². The molecule has 80 valence electrons. The molecule has 2 aromatic heterocycles. The zero-order chi connectivity index (χ0) is 11.2. The van der Waals surface area contributed by atoms with Gasteiger partial charge in [0.25, 0.3) is 0 Å². The number of hydrogen-bond acceptors (Lipinski definition) is 4. The predicted octanol–water partition coefficient (Wildman–Crippen LogP) is 1.33. The molecule has 0 aliphatic rings. The van der Waals surface area contributed by atoms with Crippen LogP contribution in [0, 0.1) is 11.3 Å². The molecule has 0 saturated carbocycles. The van der Waals surface area contributed by atoms with Crippen molar-refractivity contribution in [2.24, 2.45) is 0 Å². The summed E-state index contributed by atoms with van der Waals surface area (Å²) < 4.78 is 0. The molecule has 2 rings (SSSR count). The van der Waals surface area contributed by atoms with E-state index < -0.39 is 0 Å². The molecular weight excluding hydrogens is 202 g/mol. The average Bonchev–Trinajstić information content (AvgIpc) is 2.82. The first-order valence-electron chi connectivity index (χ1n) is 4.96. The summed E-state index contributed by atoms with van der Waals surface area (Å²) in [7, 11) is 0. The molecule has 0 atom stereocenters. The smallest absolute Gasteiger partial charge is 0.127 e. The first-order chi connectivity index (χ1) is 7.88. The molecule has 0 aromatic carbocycles. The quantitative estimate of drug-likeness (QED) is 0.803. The maximum Gasteiger partial charge on any atom is 0.127 e. The lowest BCUT2D eigenvalue weighted by Crippen LogP contribution is -2.06. The van der Waals surface area contributed by atoms with Gasteiger partial charge >= 0.3 is 0 Å². The number of aromatic amines is 1. The first kappa shape index (κ1) is 10.2. The number of nitriles is 1. The summed E-state index contributed by atoms with van der Waals surface area (Å²) >= 11 is 0. The van der Waals surface area contributed by atoms with Gasteiger partial charge in [-0.3, -0.25) is 0 Å². The van der Waals surface area contributed by atoms with Crippen LogP contribution in [0.5, 0.6) is 0 Å². The molecule has 0 aliphatic carbocycles. The van der Waals surface area contributed by atoms with Crippen LogP contribution in [-0.2, 0) is 6.42 Å². The van der Waals surface area contributed by atoms with Crippen LogP contribution in [0.15, 0.2) is 30.9 Å². The lowest BCUT2D eigenvalue weighted by molar-refractivity contribution is 0.968. The first-order valence-corrected chi connectivity index (χ1v) is 4.96. The van der Waals surface area contributed by atoms with Crippen LogP contribution in [0.1, 0.15) is 11.3 Å². The number of rotatable bonds is 4. The Morgan fingerprint density at radius 3 is 3.19 bits per heavy atom. The molecule has 5 heteroatoms. The number of nitrogens with zero attached hydrogens (tertiary/aromatic N) is 3. The van der Waals surface area contributed by atoms with Gasteiger partial charge in [-0.15, -0.1) is 0 Å². The van der Waals surface area contributed by atoms with Gasteiger partial charge in [-0.1, -0.05) is 0 Å². The largest absolute Gasteiger partial charge is 0.370 e. The fourth-order valence-electron chi connectivity index (χ4n) is 1.34. The summed E-state index contributed by atoms with van der Waals surface area (Å²) in [6.45, 7) is 0.754. The summed E-state index contributed by atoms with van der Waals surface area (Å²) in [5.41, 5.74) is 1.68. The van der Waals surface area contributed by atoms with Crippen molar-refractivity contribution in [2.75, 3.05) is 11.9 Å². The number of anilines is 1. The summed E-state index contributed by atoms with van der Waals surface area (Å²) in [4.78, 5) is 11.1. The van der Waals surface area contributed by atoms with Crippen LogP contribution >= 0.6 is 0 Å². The molecule has 0 bridgehead atoms. The normalized spacial score (nSPS) is 9.69. The van der Waals surface area contributed by atoms with Gasteiger partial charge in [-0.2, -0.15) is 5.26 Å². The third-order valence-electron chi connectivity index (χ3n) is 2.14. The molecule has 0 unspecified atom stereocenters. The van der Waals surface area contributed by atoms with Crippen molar-refractivity contribution in [3.8, 4) is 6.07 Å². The van der Waals surface area contributed by atoms with E-state index in [0.29, 0.717) is 5.56 Å². The predicted molar refractivity (Wildman–Crippen MR) is 59.7 cm³/mol. The SMILES string of the molecule is N#Cc1ccnc(NCCc2cnc[nH]2)c1. The van der Waals surface area contributed by atoms with Crippen molar-refractivity contribution < 1.29 is 0 Å². The highest BCUT2D eigenvalue weighted by molar-refractivity contribution is 5.42. The van der Waals surface area contributed by atoms with Crippen LogP contribution in [0.2, 0.25) is 0 Å². The molecule has 0 fully saturated rings. The van der Waals surface area contributed by atoms with E-state index in [1.165, 1.54) is 0 Å². The van der Waals surface area contributed by atoms with Gasteiger partial charge in [0.1, 0.15) is 5.82 Å². The summed E-state index contributed by atoms with van der Waals surface area (Å²) in [6.07, 6.45) is 5.92. The minimum absolute atomic E-state index is 0.610. The zero-order valence-electron chi connectivity index (χ0n) is 8.64. The Kier molecular flexibility index (Phi) is 3.14. The Hall–Kier alpha value is -2.35. The van der Waals surface area contributed by atoms with Crippen LogP contribution < -0.4 is 5.32 Å². The number of aromatic nitrogens is 3. The molecular formula is C11H11N5. The highest BCUT2D eigenvalue weighted by Gasteiger charge is 1.97. The summed E-state index contributed by atoms with van der Waals surface area (Å²) in [5, 5.41) is 11.9. The lowest BCUT2D eigenvalue weighted by atomic mass is 10.3. The van der Waals surface area contributed by atoms with Gasteiger partial charge < -0.3 is 10.3 Å². The van der Waals surface area contributed by atoms with Crippen LogP contribution in [0.4, 0.5) is 5.82 Å². The molecule has 16 heavy (non-hydrogen) atoms. The topological polar surface area (TPSA) is 77.4 Å². The van der Waals surface area contributed by atoms with Crippen LogP contribution in [0.25, 0.3) is 0 Å². The molecule has 5 nitrogen and oxygen atoms in total. The van der Waals surface area contributed by atoms with E-state index in [2.05, 4.69) is 26.3 Å². The number of H-pyrrole nitrogens is 1. The second kappa shape index (κ2) is 4.94. The standard InChI is InChI=1S/C11H11N5/c12-6-9-1-3-14-11(5-9)15-4-2-10-7-13-8-16-10/h1,3,5,7-8H,2,4H2,(H,13,16)(H,14,15). The van der Waals surface area contributed by atoms with Gasteiger partial charge in [0, 0.05) is 31.1 Å². The Labute approximate surface area is 93.2 Å². The van der Waals surface area contributed by atoms with Gasteiger partial charge in [-0.25, -0.2) is 9.97 Å². The van der Waals surface area contributed by atoms with Crippen molar-refractivity contribution in [2.45, 2.75) is 6.42 Å². The van der Waals surface area contributed by atoms with E-state index in [4.69, 9.17) is 5.26 Å². The Balaban J connectivity index is 1.88. The maximum atomic E-state index is 8.72. The summed E-state index contributed by atoms with van der Waals surface area (Å²) in [5.74, 6) is 0.721. The number of nitrogens with one attached hydrogen (secondary N) is 2. The van der Waals surface area contributed by atoms with Gasteiger partial charge in [0.05, 0.1) is 18.0 Å². The molecule has 0 aliphatic heterocycles. The Morgan fingerprint density at radius 2 is 2.44 bits per heavy atom. The summed E-state index contributed by atoms with van der Waals surface area (Å²) in [6, 6.07) is 5.48. The van der Waals surface area contributed by atoms with Crippen molar-refractivity contribution in [3.05, 3.63) is 42.1 Å². The van der Waals surface area contributed by atoms with Crippen LogP contribution in [-0.4, -0.2) is 21.5 Å². The maximum absolute atomic E-state index is 8.72. The molecule has 2 aromatic rings. The second-order valence-corrected chi connectivity index (χ2v) is 3.30. The number of imidazole rings is 1. The zero-order valence-corrected chi connectivity index (χ0v) is 8.64. The molecule has 0 saturated heterocycles. The third-order valence-corrected chi connectivity index (χ3v) is 2.14. The van der Waals surface area contributed by atoms with E-state index in [1.54, 1.807) is 30.9 Å². The average molecular weight is 213 g/mol. The van der Waals surface area contributed by atoms with Crippen molar-refractivity contribution in [3.63, 3.8) is 0 Å². The molecule has 2 N–H and O–H groups in total. The van der Waals surface area contributed by atoms with E-state index in [1.807, 2.05) is 0 Å². The van der Waals surface area contributed by atoms with Crippen molar-refractivity contribution in [1.82, 2.24) is 15.0 Å². The number of pyridine rings is 1. The van der Waals surface area contributed by atoms with Gasteiger partial charge in [0.15, 0.2) is 0 Å². The van der Waals surface area contributed by atoms with E-state index in [9.17, 15) is 0 Å². The molecule has 0 amide bonds. The molecule has 0 spiro atoms. The third kappa shape index (κ3) is 2.58. The van der Waals surface area contributed by atoms with Crippen molar-refractivity contribution >= 4 is 5.82 Å². The highest BCUT2D eigenvalue weighted by Crippen LogP contribution is 2.05. The van der Waals surface area contributed by atoms with Gasteiger partial charge in [0.2, 0.25) is 0 Å². The Morgan fingerprint density at radius 1 is 1.50 bits per heavy atom. The monoisotopic (exact) mass is 213 g/mol. The second-order valence-electron chi connectivity index (χ2n) is 3.30. The fraction of sp³-hybridized carbons (Fsp3) is 0.182. The van der Waals surface area contributed by atoms with E-state index in [-0.39, 0.29) is 0 Å². The Bertz CT molecular complexity index is 483. The highest BCUT2D eigenvalue weighted by atomic mass is 15.0. The van der Waals surface area contributed by atoms with E-state index >= 15 is 0 Å².